The highest BCUT2D eigenvalue weighted by Crippen LogP contribution is 2.38. The molecule has 3 aromatic rings. The molecule has 0 spiro atoms. The van der Waals surface area contributed by atoms with Crippen molar-refractivity contribution in [3.05, 3.63) is 64.2 Å². The smallest absolute Gasteiger partial charge is 0.139 e. The van der Waals surface area contributed by atoms with Crippen molar-refractivity contribution >= 4 is 28.4 Å². The summed E-state index contributed by atoms with van der Waals surface area (Å²) in [6.07, 6.45) is 0. The van der Waals surface area contributed by atoms with E-state index in [4.69, 9.17) is 19.9 Å². The number of ether oxygens (including phenoxy) is 2. The number of nitrogens with zero attached hydrogens (tertiary/aromatic N) is 2. The van der Waals surface area contributed by atoms with E-state index >= 15 is 0 Å². The fourth-order valence-corrected chi connectivity index (χ4v) is 4.34. The van der Waals surface area contributed by atoms with E-state index in [1.165, 1.54) is 11.3 Å². The van der Waals surface area contributed by atoms with Crippen molar-refractivity contribution in [1.82, 2.24) is 4.98 Å². The summed E-state index contributed by atoms with van der Waals surface area (Å²) in [4.78, 5) is 7.50. The summed E-state index contributed by atoms with van der Waals surface area (Å²) in [7, 11) is 3.16. The third-order valence-electron chi connectivity index (χ3n) is 4.81. The molecule has 6 nitrogen and oxygen atoms in total. The maximum absolute atomic E-state index is 10.7. The van der Waals surface area contributed by atoms with E-state index in [1.54, 1.807) is 25.2 Å². The van der Waals surface area contributed by atoms with Gasteiger partial charge in [0.25, 0.3) is 0 Å². The molecule has 0 aliphatic carbocycles. The Morgan fingerprint density at radius 2 is 1.72 bits per heavy atom. The van der Waals surface area contributed by atoms with Gasteiger partial charge in [-0.25, -0.2) is 4.98 Å². The number of benzene rings is 2. The van der Waals surface area contributed by atoms with Crippen molar-refractivity contribution < 1.29 is 14.6 Å². The van der Waals surface area contributed by atoms with E-state index in [0.29, 0.717) is 27.8 Å². The van der Waals surface area contributed by atoms with Gasteiger partial charge in [0.15, 0.2) is 0 Å². The first-order chi connectivity index (χ1) is 14.0. The molecule has 0 radical (unpaired) electrons. The Labute approximate surface area is 173 Å². The fraction of sp³-hybridized carbons (Fsp3) is 0.182. The van der Waals surface area contributed by atoms with E-state index in [0.717, 1.165) is 16.1 Å². The summed E-state index contributed by atoms with van der Waals surface area (Å²) in [5.74, 6) is 1.57. The molecule has 148 valence electrons. The zero-order valence-corrected chi connectivity index (χ0v) is 17.2. The molecule has 29 heavy (non-hydrogen) atoms. The molecule has 0 fully saturated rings. The lowest BCUT2D eigenvalue weighted by Gasteiger charge is -2.20. The van der Waals surface area contributed by atoms with Crippen molar-refractivity contribution in [2.75, 3.05) is 25.7 Å². The first-order valence-corrected chi connectivity index (χ1v) is 9.88. The Bertz CT molecular complexity index is 1080. The van der Waals surface area contributed by atoms with E-state index in [1.807, 2.05) is 49.4 Å². The highest BCUT2D eigenvalue weighted by Gasteiger charge is 2.32. The van der Waals surface area contributed by atoms with Crippen LogP contribution in [0, 0.1) is 12.3 Å². The van der Waals surface area contributed by atoms with Crippen molar-refractivity contribution in [3.63, 3.8) is 0 Å². The van der Waals surface area contributed by atoms with Gasteiger partial charge in [0, 0.05) is 28.6 Å². The van der Waals surface area contributed by atoms with Gasteiger partial charge in [-0.1, -0.05) is 30.3 Å². The van der Waals surface area contributed by atoms with Gasteiger partial charge in [0.05, 0.1) is 37.7 Å². The Balaban J connectivity index is 1.69. The molecule has 1 aliphatic rings. The number of anilines is 1. The maximum Gasteiger partial charge on any atom is 0.139 e. The van der Waals surface area contributed by atoms with Crippen LogP contribution in [0.25, 0.3) is 16.8 Å². The molecule has 1 aliphatic heterocycles. The highest BCUT2D eigenvalue weighted by atomic mass is 32.1. The number of hydrogen-bond donors (Lipinski definition) is 2. The van der Waals surface area contributed by atoms with Crippen molar-refractivity contribution in [3.8, 4) is 22.8 Å². The molecular formula is C22H21N3O3S. The monoisotopic (exact) mass is 407 g/mol. The van der Waals surface area contributed by atoms with E-state index < -0.39 is 0 Å². The number of aliphatic hydroxyl groups excluding tert-OH is 1. The number of methoxy groups -OCH3 is 2. The van der Waals surface area contributed by atoms with Crippen molar-refractivity contribution in [2.45, 2.75) is 6.92 Å². The minimum Gasteiger partial charge on any atom is -0.510 e. The standard InChI is InChI=1S/C22H21N3O3S/c1-13-20(14-7-5-4-6-8-14)24-22(29-13)19-18(26)12-25(21(19)23)15-9-16(27-2)11-17(10-15)28-3/h4-11,23,26H,12H2,1-3H3. The molecule has 2 aromatic carbocycles. The number of nitrogens with one attached hydrogen (secondary N) is 1. The topological polar surface area (TPSA) is 78.7 Å². The van der Waals surface area contributed by atoms with Crippen LogP contribution in [-0.4, -0.2) is 36.7 Å². The maximum atomic E-state index is 10.7. The normalized spacial score (nSPS) is 13.9. The van der Waals surface area contributed by atoms with Gasteiger partial charge in [0.2, 0.25) is 0 Å². The average Bonchev–Trinajstić information content (AvgIpc) is 3.26. The Morgan fingerprint density at radius 3 is 2.34 bits per heavy atom. The number of aryl methyl sites for hydroxylation is 1. The summed E-state index contributed by atoms with van der Waals surface area (Å²) in [5.41, 5.74) is 3.07. The molecule has 1 aromatic heterocycles. The molecule has 0 unspecified atom stereocenters. The molecule has 4 rings (SSSR count). The van der Waals surface area contributed by atoms with E-state index in [-0.39, 0.29) is 18.1 Å². The second kappa shape index (κ2) is 7.60. The van der Waals surface area contributed by atoms with Gasteiger partial charge < -0.3 is 19.5 Å². The van der Waals surface area contributed by atoms with Crippen LogP contribution >= 0.6 is 11.3 Å². The predicted molar refractivity (Wildman–Crippen MR) is 116 cm³/mol. The second-order valence-corrected chi connectivity index (χ2v) is 7.82. The predicted octanol–water partition coefficient (Wildman–Crippen LogP) is 4.90. The van der Waals surface area contributed by atoms with Crippen LogP contribution < -0.4 is 14.4 Å². The van der Waals surface area contributed by atoms with Crippen LogP contribution in [0.3, 0.4) is 0 Å². The van der Waals surface area contributed by atoms with Crippen LogP contribution in [0.5, 0.6) is 11.5 Å². The summed E-state index contributed by atoms with van der Waals surface area (Å²) in [6.45, 7) is 2.20. The fourth-order valence-electron chi connectivity index (χ4n) is 3.34. The molecular weight excluding hydrogens is 386 g/mol. The minimum absolute atomic E-state index is 0.130. The molecule has 2 heterocycles. The lowest BCUT2D eigenvalue weighted by atomic mass is 10.1. The third kappa shape index (κ3) is 3.45. The largest absolute Gasteiger partial charge is 0.510 e. The van der Waals surface area contributed by atoms with Gasteiger partial charge in [-0.05, 0) is 6.92 Å². The van der Waals surface area contributed by atoms with Crippen LogP contribution in [-0.2, 0) is 0 Å². The molecule has 0 atom stereocenters. The number of thiazole rings is 1. The van der Waals surface area contributed by atoms with Crippen molar-refractivity contribution in [2.24, 2.45) is 0 Å². The number of amidine groups is 1. The van der Waals surface area contributed by atoms with Crippen LogP contribution in [0.4, 0.5) is 5.69 Å². The van der Waals surface area contributed by atoms with E-state index in [9.17, 15) is 5.11 Å². The van der Waals surface area contributed by atoms with E-state index in [2.05, 4.69) is 0 Å². The molecule has 0 bridgehead atoms. The molecule has 0 saturated carbocycles. The SMILES string of the molecule is COc1cc(OC)cc(N2CC(O)=C(c3nc(-c4ccccc4)c(C)s3)C2=N)c1. The number of aromatic nitrogens is 1. The Morgan fingerprint density at radius 1 is 1.07 bits per heavy atom. The summed E-state index contributed by atoms with van der Waals surface area (Å²) < 4.78 is 10.7. The van der Waals surface area contributed by atoms with Gasteiger partial charge in [0.1, 0.15) is 28.1 Å². The van der Waals surface area contributed by atoms with Crippen LogP contribution in [0.15, 0.2) is 54.3 Å². The summed E-state index contributed by atoms with van der Waals surface area (Å²) in [6, 6.07) is 15.3. The highest BCUT2D eigenvalue weighted by molar-refractivity contribution is 7.13. The lowest BCUT2D eigenvalue weighted by Crippen LogP contribution is -2.26. The zero-order chi connectivity index (χ0) is 20.5. The molecule has 2 N–H and O–H groups in total. The summed E-state index contributed by atoms with van der Waals surface area (Å²) in [5, 5.41) is 20.0. The van der Waals surface area contributed by atoms with Crippen LogP contribution in [0.2, 0.25) is 0 Å². The second-order valence-electron chi connectivity index (χ2n) is 6.62. The lowest BCUT2D eigenvalue weighted by molar-refractivity contribution is 0.394. The average molecular weight is 407 g/mol. The third-order valence-corrected chi connectivity index (χ3v) is 5.80. The molecule has 0 saturated heterocycles. The quantitative estimate of drug-likeness (QED) is 0.629. The minimum atomic E-state index is 0.130. The first kappa shape index (κ1) is 19.0. The number of hydrogen-bond acceptors (Lipinski definition) is 6. The zero-order valence-electron chi connectivity index (χ0n) is 16.4. The van der Waals surface area contributed by atoms with Gasteiger partial charge in [-0.15, -0.1) is 11.3 Å². The summed E-state index contributed by atoms with van der Waals surface area (Å²) >= 11 is 1.48. The first-order valence-electron chi connectivity index (χ1n) is 9.06. The van der Waals surface area contributed by atoms with Crippen LogP contribution in [0.1, 0.15) is 9.88 Å². The van der Waals surface area contributed by atoms with Crippen molar-refractivity contribution in [1.29, 1.82) is 5.41 Å². The number of rotatable bonds is 5. The Hall–Kier alpha value is -3.32. The Kier molecular flexibility index (Phi) is 4.98. The molecule has 7 heteroatoms. The van der Waals surface area contributed by atoms with Gasteiger partial charge >= 0.3 is 0 Å². The van der Waals surface area contributed by atoms with Gasteiger partial charge in [-0.3, -0.25) is 5.41 Å². The molecule has 0 amide bonds. The van der Waals surface area contributed by atoms with Gasteiger partial charge in [-0.2, -0.15) is 0 Å². The number of aliphatic hydroxyl groups is 1.